The van der Waals surface area contributed by atoms with Gasteiger partial charge in [-0.1, -0.05) is 36.4 Å². The molecule has 0 spiro atoms. The molecule has 0 aliphatic rings. The van der Waals surface area contributed by atoms with Crippen LogP contribution in [0.25, 0.3) is 0 Å². The first-order valence-electron chi connectivity index (χ1n) is 7.85. The smallest absolute Gasteiger partial charge is 0.193 e. The molecule has 4 heteroatoms. The van der Waals surface area contributed by atoms with Crippen LogP contribution in [0.1, 0.15) is 17.4 Å². The highest BCUT2D eigenvalue weighted by Gasteiger charge is 2.06. The van der Waals surface area contributed by atoms with Crippen LogP contribution in [-0.2, 0) is 12.8 Å². The molecule has 0 amide bonds. The maximum atomic E-state index is 4.74. The SMILES string of the molecule is CCNC(=NCCc1ccccc1)N(C)CCc1cccs1. The molecular weight excluding hydrogens is 290 g/mol. The standard InChI is InChI=1S/C18H25N3S/c1-3-19-18(20-13-11-16-8-5-4-6-9-16)21(2)14-12-17-10-7-15-22-17/h4-10,15H,3,11-14H2,1-2H3,(H,19,20). The van der Waals surface area contributed by atoms with Crippen LogP contribution >= 0.6 is 11.3 Å². The van der Waals surface area contributed by atoms with Gasteiger partial charge in [0, 0.05) is 31.6 Å². The van der Waals surface area contributed by atoms with Crippen molar-refractivity contribution in [3.8, 4) is 0 Å². The summed E-state index contributed by atoms with van der Waals surface area (Å²) in [6, 6.07) is 14.8. The van der Waals surface area contributed by atoms with Gasteiger partial charge in [-0.05, 0) is 36.8 Å². The van der Waals surface area contributed by atoms with Crippen LogP contribution in [0.4, 0.5) is 0 Å². The summed E-state index contributed by atoms with van der Waals surface area (Å²) >= 11 is 1.82. The Morgan fingerprint density at radius 2 is 1.95 bits per heavy atom. The zero-order chi connectivity index (χ0) is 15.6. The molecule has 0 unspecified atom stereocenters. The normalized spacial score (nSPS) is 11.5. The van der Waals surface area contributed by atoms with Gasteiger partial charge in [0.05, 0.1) is 0 Å². The molecule has 1 N–H and O–H groups in total. The van der Waals surface area contributed by atoms with Gasteiger partial charge in [-0.3, -0.25) is 4.99 Å². The molecule has 0 saturated carbocycles. The summed E-state index contributed by atoms with van der Waals surface area (Å²) in [5.74, 6) is 0.995. The van der Waals surface area contributed by atoms with Crippen LogP contribution in [-0.4, -0.2) is 37.5 Å². The lowest BCUT2D eigenvalue weighted by molar-refractivity contribution is 0.487. The van der Waals surface area contributed by atoms with Crippen molar-refractivity contribution >= 4 is 17.3 Å². The molecule has 118 valence electrons. The van der Waals surface area contributed by atoms with Crippen molar-refractivity contribution in [3.63, 3.8) is 0 Å². The van der Waals surface area contributed by atoms with Crippen LogP contribution in [0, 0.1) is 0 Å². The predicted octanol–water partition coefficient (Wildman–Crippen LogP) is 3.43. The minimum absolute atomic E-state index is 0.815. The van der Waals surface area contributed by atoms with E-state index < -0.39 is 0 Å². The van der Waals surface area contributed by atoms with Gasteiger partial charge in [0.25, 0.3) is 0 Å². The summed E-state index contributed by atoms with van der Waals surface area (Å²) in [7, 11) is 2.11. The van der Waals surface area contributed by atoms with E-state index in [1.165, 1.54) is 10.4 Å². The maximum absolute atomic E-state index is 4.74. The topological polar surface area (TPSA) is 27.6 Å². The first-order chi connectivity index (χ1) is 10.8. The second-order valence-corrected chi connectivity index (χ2v) is 6.25. The Kier molecular flexibility index (Phi) is 6.97. The van der Waals surface area contributed by atoms with E-state index in [0.717, 1.165) is 38.4 Å². The lowest BCUT2D eigenvalue weighted by atomic mass is 10.2. The van der Waals surface area contributed by atoms with Crippen molar-refractivity contribution < 1.29 is 0 Å². The van der Waals surface area contributed by atoms with E-state index in [0.29, 0.717) is 0 Å². The van der Waals surface area contributed by atoms with Crippen LogP contribution in [0.2, 0.25) is 0 Å². The summed E-state index contributed by atoms with van der Waals surface area (Å²) in [4.78, 5) is 8.38. The average Bonchev–Trinajstić information content (AvgIpc) is 3.06. The molecule has 22 heavy (non-hydrogen) atoms. The molecule has 1 aromatic heterocycles. The van der Waals surface area contributed by atoms with E-state index in [9.17, 15) is 0 Å². The quantitative estimate of drug-likeness (QED) is 0.626. The van der Waals surface area contributed by atoms with Crippen LogP contribution in [0.15, 0.2) is 52.8 Å². The number of hydrogen-bond acceptors (Lipinski definition) is 2. The van der Waals surface area contributed by atoms with Gasteiger partial charge in [0.1, 0.15) is 0 Å². The predicted molar refractivity (Wildman–Crippen MR) is 96.8 cm³/mol. The van der Waals surface area contributed by atoms with E-state index in [1.807, 2.05) is 11.3 Å². The van der Waals surface area contributed by atoms with Crippen molar-refractivity contribution in [2.24, 2.45) is 4.99 Å². The minimum atomic E-state index is 0.815. The van der Waals surface area contributed by atoms with E-state index in [2.05, 4.69) is 72.0 Å². The summed E-state index contributed by atoms with van der Waals surface area (Å²) in [6.45, 7) is 4.81. The number of nitrogens with one attached hydrogen (secondary N) is 1. The summed E-state index contributed by atoms with van der Waals surface area (Å²) < 4.78 is 0. The number of benzene rings is 1. The van der Waals surface area contributed by atoms with Crippen LogP contribution in [0.3, 0.4) is 0 Å². The monoisotopic (exact) mass is 315 g/mol. The van der Waals surface area contributed by atoms with Gasteiger partial charge in [-0.2, -0.15) is 0 Å². The highest BCUT2D eigenvalue weighted by molar-refractivity contribution is 7.09. The number of hydrogen-bond donors (Lipinski definition) is 1. The Morgan fingerprint density at radius 1 is 1.14 bits per heavy atom. The molecule has 0 bridgehead atoms. The Bertz CT molecular complexity index is 549. The van der Waals surface area contributed by atoms with Gasteiger partial charge < -0.3 is 10.2 Å². The molecule has 0 atom stereocenters. The lowest BCUT2D eigenvalue weighted by Gasteiger charge is -2.21. The Hall–Kier alpha value is -1.81. The van der Waals surface area contributed by atoms with Crippen LogP contribution in [0.5, 0.6) is 0 Å². The fraction of sp³-hybridized carbons (Fsp3) is 0.389. The number of likely N-dealkylation sites (N-methyl/N-ethyl adjacent to an activating group) is 1. The molecule has 0 radical (unpaired) electrons. The van der Waals surface area contributed by atoms with E-state index in [-0.39, 0.29) is 0 Å². The first-order valence-corrected chi connectivity index (χ1v) is 8.73. The van der Waals surface area contributed by atoms with Gasteiger partial charge in [-0.15, -0.1) is 11.3 Å². The zero-order valence-corrected chi connectivity index (χ0v) is 14.3. The molecule has 3 nitrogen and oxygen atoms in total. The minimum Gasteiger partial charge on any atom is -0.357 e. The third kappa shape index (κ3) is 5.53. The molecule has 0 saturated heterocycles. The molecule has 2 rings (SSSR count). The number of rotatable bonds is 7. The summed E-state index contributed by atoms with van der Waals surface area (Å²) in [6.07, 6.45) is 2.05. The Balaban J connectivity index is 1.85. The van der Waals surface area contributed by atoms with Crippen molar-refractivity contribution in [2.45, 2.75) is 19.8 Å². The van der Waals surface area contributed by atoms with E-state index in [1.54, 1.807) is 0 Å². The highest BCUT2D eigenvalue weighted by atomic mass is 32.1. The summed E-state index contributed by atoms with van der Waals surface area (Å²) in [5, 5.41) is 5.51. The van der Waals surface area contributed by atoms with E-state index >= 15 is 0 Å². The van der Waals surface area contributed by atoms with Crippen molar-refractivity contribution in [2.75, 3.05) is 26.7 Å². The average molecular weight is 315 g/mol. The third-order valence-corrected chi connectivity index (χ3v) is 4.41. The molecule has 1 aromatic carbocycles. The number of aliphatic imine (C=N–C) groups is 1. The van der Waals surface area contributed by atoms with Crippen molar-refractivity contribution in [1.29, 1.82) is 0 Å². The van der Waals surface area contributed by atoms with Gasteiger partial charge >= 0.3 is 0 Å². The van der Waals surface area contributed by atoms with Gasteiger partial charge in [0.2, 0.25) is 0 Å². The molecular formula is C18H25N3S. The van der Waals surface area contributed by atoms with Crippen LogP contribution < -0.4 is 5.32 Å². The van der Waals surface area contributed by atoms with Crippen molar-refractivity contribution in [1.82, 2.24) is 10.2 Å². The number of nitrogens with zero attached hydrogens (tertiary/aromatic N) is 2. The molecule has 2 aromatic rings. The Labute approximate surface area is 137 Å². The van der Waals surface area contributed by atoms with Gasteiger partial charge in [-0.25, -0.2) is 0 Å². The maximum Gasteiger partial charge on any atom is 0.193 e. The van der Waals surface area contributed by atoms with Gasteiger partial charge in [0.15, 0.2) is 5.96 Å². The molecule has 0 aliphatic carbocycles. The molecule has 1 heterocycles. The number of guanidine groups is 1. The largest absolute Gasteiger partial charge is 0.357 e. The zero-order valence-electron chi connectivity index (χ0n) is 13.5. The fourth-order valence-corrected chi connectivity index (χ4v) is 2.94. The van der Waals surface area contributed by atoms with E-state index in [4.69, 9.17) is 4.99 Å². The third-order valence-electron chi connectivity index (χ3n) is 3.48. The second-order valence-electron chi connectivity index (χ2n) is 5.22. The second kappa shape index (κ2) is 9.26. The Morgan fingerprint density at radius 3 is 2.64 bits per heavy atom. The first kappa shape index (κ1) is 16.6. The summed E-state index contributed by atoms with van der Waals surface area (Å²) in [5.41, 5.74) is 1.34. The highest BCUT2D eigenvalue weighted by Crippen LogP contribution is 2.09. The molecule has 0 aliphatic heterocycles. The molecule has 0 fully saturated rings. The number of thiophene rings is 1. The van der Waals surface area contributed by atoms with Crippen molar-refractivity contribution in [3.05, 3.63) is 58.3 Å². The lowest BCUT2D eigenvalue weighted by Crippen LogP contribution is -2.40. The fourth-order valence-electron chi connectivity index (χ4n) is 2.24.